The zero-order chi connectivity index (χ0) is 75.8. The quantitative estimate of drug-likeness (QED) is 0.0811. The van der Waals surface area contributed by atoms with Crippen LogP contribution >= 0.6 is 0 Å². The predicted molar refractivity (Wildman–Crippen MR) is 476 cm³/mol. The molecule has 2 aliphatic heterocycles. The van der Waals surface area contributed by atoms with E-state index in [9.17, 15) is 0 Å². The molecule has 0 fully saturated rings. The number of para-hydroxylation sites is 1. The normalized spacial score (nSPS) is 13.4. The molecule has 19 rings (SSSR count). The Morgan fingerprint density at radius 3 is 1.15 bits per heavy atom. The molecule has 16 aromatic carbocycles. The molecule has 536 valence electrons. The molecule has 0 radical (unpaired) electrons. The molecule has 0 aliphatic carbocycles. The van der Waals surface area contributed by atoms with E-state index in [1.807, 2.05) is 0 Å². The topological polar surface area (TPSA) is 11.4 Å². The highest BCUT2D eigenvalue weighted by atomic mass is 15.2. The molecule has 17 aromatic rings. The number of nitrogens with zero attached hydrogens (tertiary/aromatic N) is 3. The number of hydrogen-bond acceptors (Lipinski definition) is 2. The van der Waals surface area contributed by atoms with Gasteiger partial charge in [-0.15, -0.1) is 0 Å². The molecule has 0 N–H and O–H groups in total. The van der Waals surface area contributed by atoms with E-state index in [-0.39, 0.29) is 33.8 Å². The third-order valence-electron chi connectivity index (χ3n) is 24.2. The second-order valence-electron chi connectivity index (χ2n) is 36.5. The van der Waals surface area contributed by atoms with Gasteiger partial charge in [0.25, 0.3) is 6.71 Å². The Kier molecular flexibility index (Phi) is 15.6. The van der Waals surface area contributed by atoms with Gasteiger partial charge in [-0.25, -0.2) is 0 Å². The Morgan fingerprint density at radius 1 is 0.236 bits per heavy atom. The van der Waals surface area contributed by atoms with Crippen molar-refractivity contribution in [3.05, 3.63) is 325 Å². The largest absolute Gasteiger partial charge is 0.310 e. The molecule has 3 nitrogen and oxygen atoms in total. The van der Waals surface area contributed by atoms with Crippen LogP contribution in [0.15, 0.2) is 297 Å². The molecule has 110 heavy (non-hydrogen) atoms. The molecule has 0 saturated heterocycles. The van der Waals surface area contributed by atoms with Crippen molar-refractivity contribution in [2.24, 2.45) is 0 Å². The van der Waals surface area contributed by atoms with Gasteiger partial charge in [0.05, 0.1) is 22.4 Å². The van der Waals surface area contributed by atoms with Crippen LogP contribution in [-0.4, -0.2) is 11.3 Å². The van der Waals surface area contributed by atoms with Crippen LogP contribution in [0, 0.1) is 0 Å². The van der Waals surface area contributed by atoms with Crippen LogP contribution in [0.3, 0.4) is 0 Å². The van der Waals surface area contributed by atoms with E-state index in [1.54, 1.807) is 0 Å². The molecule has 0 spiro atoms. The Bertz CT molecular complexity index is 6260. The highest BCUT2D eigenvalue weighted by Crippen LogP contribution is 2.56. The van der Waals surface area contributed by atoms with E-state index in [0.29, 0.717) is 0 Å². The molecule has 1 aromatic heterocycles. The van der Waals surface area contributed by atoms with Crippen molar-refractivity contribution in [3.8, 4) is 72.4 Å². The van der Waals surface area contributed by atoms with Gasteiger partial charge in [0.2, 0.25) is 0 Å². The minimum absolute atomic E-state index is 0.107. The standard InChI is InChI=1S/C106H94BN3/c1-102(2,3)75-40-25-38-71(54-75)85-58-74(65-30-19-16-20-31-65)59-86(72-39-26-41-76(55-72)103(4,5)6)101(85)109-89-51-48-70(73-56-77(104(7,8)9)61-78(57-73)105(10,11)12)60-88(89)107-87-50-49-80(108-90-52-46-68-36-27-44-83-84-45-28-37-69-47-53-91(108)98(96(69)84)97(90)95(68)83)64-92(87)110(94-63-79(106(13,14)15)62-93(109)99(94)107)100-81(66-32-21-17-22-33-66)42-29-43-82(100)67-34-23-18-24-35-67/h16-64H,1-15H3. The third kappa shape index (κ3) is 11.1. The minimum atomic E-state index is -0.335. The second-order valence-corrected chi connectivity index (χ2v) is 36.5. The first kappa shape index (κ1) is 68.8. The van der Waals surface area contributed by atoms with Gasteiger partial charge in [-0.3, -0.25) is 0 Å². The van der Waals surface area contributed by atoms with Crippen LogP contribution in [0.5, 0.6) is 0 Å². The molecular formula is C106H94BN3. The summed E-state index contributed by atoms with van der Waals surface area (Å²) in [5, 5.41) is 10.4. The van der Waals surface area contributed by atoms with E-state index >= 15 is 0 Å². The van der Waals surface area contributed by atoms with Gasteiger partial charge in [0.1, 0.15) is 0 Å². The number of aromatic nitrogens is 1. The summed E-state index contributed by atoms with van der Waals surface area (Å²) in [6.07, 6.45) is 0. The van der Waals surface area contributed by atoms with E-state index in [4.69, 9.17) is 0 Å². The van der Waals surface area contributed by atoms with Gasteiger partial charge in [-0.2, -0.15) is 0 Å². The summed E-state index contributed by atoms with van der Waals surface area (Å²) >= 11 is 0. The Balaban J connectivity index is 0.999. The van der Waals surface area contributed by atoms with Gasteiger partial charge in [0.15, 0.2) is 0 Å². The second kappa shape index (κ2) is 24.9. The summed E-state index contributed by atoms with van der Waals surface area (Å²) in [5.41, 5.74) is 33.9. The Hall–Kier alpha value is -11.7. The predicted octanol–water partition coefficient (Wildman–Crippen LogP) is 27.7. The highest BCUT2D eigenvalue weighted by molar-refractivity contribution is 7.00. The molecule has 3 heterocycles. The molecule has 4 heteroatoms. The summed E-state index contributed by atoms with van der Waals surface area (Å²) in [6.45, 7) is 35.3. The van der Waals surface area contributed by atoms with Crippen molar-refractivity contribution in [1.29, 1.82) is 0 Å². The molecule has 0 amide bonds. The number of hydrogen-bond donors (Lipinski definition) is 0. The maximum atomic E-state index is 2.76. The zero-order valence-corrected chi connectivity index (χ0v) is 66.2. The molecule has 2 aliphatic rings. The van der Waals surface area contributed by atoms with E-state index in [1.165, 1.54) is 137 Å². The summed E-state index contributed by atoms with van der Waals surface area (Å²) in [6, 6.07) is 116. The average Bonchev–Trinajstić information content (AvgIpc) is 1.20. The van der Waals surface area contributed by atoms with Crippen LogP contribution in [0.25, 0.3) is 127 Å². The van der Waals surface area contributed by atoms with Gasteiger partial charge < -0.3 is 14.4 Å². The van der Waals surface area contributed by atoms with Gasteiger partial charge >= 0.3 is 0 Å². The van der Waals surface area contributed by atoms with Crippen molar-refractivity contribution in [3.63, 3.8) is 0 Å². The first-order chi connectivity index (χ1) is 52.7. The zero-order valence-electron chi connectivity index (χ0n) is 66.2. The molecule has 0 atom stereocenters. The van der Waals surface area contributed by atoms with Crippen LogP contribution < -0.4 is 26.2 Å². The first-order valence-corrected chi connectivity index (χ1v) is 39.6. The molecular weight excluding hydrogens is 1330 g/mol. The van der Waals surface area contributed by atoms with E-state index < -0.39 is 0 Å². The fourth-order valence-electron chi connectivity index (χ4n) is 18.3. The summed E-state index contributed by atoms with van der Waals surface area (Å²) < 4.78 is 2.60. The fraction of sp³-hybridized carbons (Fsp3) is 0.189. The number of rotatable bonds is 9. The minimum Gasteiger partial charge on any atom is -0.310 e. The maximum absolute atomic E-state index is 2.76. The van der Waals surface area contributed by atoms with Crippen molar-refractivity contribution in [2.75, 3.05) is 9.80 Å². The smallest absolute Gasteiger partial charge is 0.252 e. The summed E-state index contributed by atoms with van der Waals surface area (Å²) in [7, 11) is 0. The third-order valence-corrected chi connectivity index (χ3v) is 24.2. The van der Waals surface area contributed by atoms with Crippen molar-refractivity contribution in [1.82, 2.24) is 4.57 Å². The van der Waals surface area contributed by atoms with Gasteiger partial charge in [0, 0.05) is 61.5 Å². The fourth-order valence-corrected chi connectivity index (χ4v) is 18.3. The molecule has 0 unspecified atom stereocenters. The lowest BCUT2D eigenvalue weighted by atomic mass is 9.33. The number of fused-ring (bicyclic) bond motifs is 5. The number of benzene rings is 16. The molecule has 0 saturated carbocycles. The number of anilines is 6. The van der Waals surface area contributed by atoms with Crippen molar-refractivity contribution >= 4 is 111 Å². The lowest BCUT2D eigenvalue weighted by molar-refractivity contribution is 0.569. The average molecular weight is 1420 g/mol. The van der Waals surface area contributed by atoms with Crippen LogP contribution in [0.1, 0.15) is 132 Å². The lowest BCUT2D eigenvalue weighted by Crippen LogP contribution is -2.61. The maximum Gasteiger partial charge on any atom is 0.252 e. The monoisotopic (exact) mass is 1420 g/mol. The van der Waals surface area contributed by atoms with E-state index in [2.05, 4.69) is 415 Å². The Labute approximate surface area is 649 Å². The molecule has 0 bridgehead atoms. The van der Waals surface area contributed by atoms with Gasteiger partial charge in [-0.1, -0.05) is 347 Å². The summed E-state index contributed by atoms with van der Waals surface area (Å²) in [5.74, 6) is 0. The summed E-state index contributed by atoms with van der Waals surface area (Å²) in [4.78, 5) is 5.51. The van der Waals surface area contributed by atoms with Crippen LogP contribution in [0.2, 0.25) is 0 Å². The van der Waals surface area contributed by atoms with Crippen molar-refractivity contribution in [2.45, 2.75) is 131 Å². The van der Waals surface area contributed by atoms with Crippen LogP contribution in [-0.2, 0) is 27.1 Å². The Morgan fingerprint density at radius 2 is 0.655 bits per heavy atom. The first-order valence-electron chi connectivity index (χ1n) is 39.6. The van der Waals surface area contributed by atoms with Crippen molar-refractivity contribution < 1.29 is 0 Å². The van der Waals surface area contributed by atoms with Gasteiger partial charge in [-0.05, 0) is 203 Å². The highest BCUT2D eigenvalue weighted by Gasteiger charge is 2.47. The SMILES string of the molecule is CC(C)(C)c1cccc(-c2cc(-c3ccccc3)cc(-c3cccc(C(C)(C)C)c3)c2N2c3ccc(-c4cc(C(C)(C)C)cc(C(C)(C)C)c4)cc3B3c4ccc(-n5c6ccc7cccc8c9cccc%10ccc5c(c%109)c6c78)cc4N(c4c(-c5ccccc5)cccc4-c4ccccc4)c4cc(C(C)(C)C)cc2c43)c1. The lowest BCUT2D eigenvalue weighted by Gasteiger charge is -2.46. The van der Waals surface area contributed by atoms with Crippen LogP contribution in [0.4, 0.5) is 34.1 Å². The van der Waals surface area contributed by atoms with E-state index in [0.717, 1.165) is 67.5 Å².